The van der Waals surface area contributed by atoms with Crippen LogP contribution < -0.4 is 0 Å². The molecule has 5 heteroatoms. The first-order chi connectivity index (χ1) is 9.54. The lowest BCUT2D eigenvalue weighted by Crippen LogP contribution is -2.37. The van der Waals surface area contributed by atoms with E-state index in [9.17, 15) is 19.1 Å². The SMILES string of the molecule is O=C(c1ccccc1F)N1C[C@@H]2CCC[C@@]2(C(=O)O)C1. The van der Waals surface area contributed by atoms with Crippen LogP contribution in [0.4, 0.5) is 4.39 Å². The first-order valence-corrected chi connectivity index (χ1v) is 6.82. The Balaban J connectivity index is 1.86. The van der Waals surface area contributed by atoms with Gasteiger partial charge in [-0.1, -0.05) is 18.6 Å². The summed E-state index contributed by atoms with van der Waals surface area (Å²) in [6, 6.07) is 5.83. The van der Waals surface area contributed by atoms with Crippen LogP contribution in [0.15, 0.2) is 24.3 Å². The molecule has 1 saturated heterocycles. The molecule has 1 amide bonds. The van der Waals surface area contributed by atoms with Crippen molar-refractivity contribution in [3.63, 3.8) is 0 Å². The second-order valence-electron chi connectivity index (χ2n) is 5.72. The Kier molecular flexibility index (Phi) is 3.00. The number of fused-ring (bicyclic) bond motifs is 1. The van der Waals surface area contributed by atoms with Crippen molar-refractivity contribution in [1.29, 1.82) is 0 Å². The van der Waals surface area contributed by atoms with Crippen molar-refractivity contribution in [2.45, 2.75) is 19.3 Å². The van der Waals surface area contributed by atoms with Gasteiger partial charge in [-0.2, -0.15) is 0 Å². The zero-order chi connectivity index (χ0) is 14.3. The summed E-state index contributed by atoms with van der Waals surface area (Å²) in [4.78, 5) is 25.4. The fourth-order valence-electron chi connectivity index (χ4n) is 3.60. The quantitative estimate of drug-likeness (QED) is 0.901. The summed E-state index contributed by atoms with van der Waals surface area (Å²) in [7, 11) is 0. The monoisotopic (exact) mass is 277 g/mol. The van der Waals surface area contributed by atoms with Gasteiger partial charge in [-0.25, -0.2) is 4.39 Å². The Morgan fingerprint density at radius 3 is 2.75 bits per heavy atom. The molecule has 0 radical (unpaired) electrons. The number of rotatable bonds is 2. The smallest absolute Gasteiger partial charge is 0.311 e. The summed E-state index contributed by atoms with van der Waals surface area (Å²) >= 11 is 0. The summed E-state index contributed by atoms with van der Waals surface area (Å²) in [6.45, 7) is 0.611. The molecule has 0 unspecified atom stereocenters. The predicted molar refractivity (Wildman–Crippen MR) is 69.7 cm³/mol. The fourth-order valence-corrected chi connectivity index (χ4v) is 3.60. The van der Waals surface area contributed by atoms with E-state index in [-0.39, 0.29) is 18.0 Å². The van der Waals surface area contributed by atoms with Gasteiger partial charge in [0, 0.05) is 13.1 Å². The number of benzene rings is 1. The third-order valence-electron chi connectivity index (χ3n) is 4.69. The molecular weight excluding hydrogens is 261 g/mol. The Morgan fingerprint density at radius 1 is 1.35 bits per heavy atom. The van der Waals surface area contributed by atoms with Gasteiger partial charge in [0.25, 0.3) is 5.91 Å². The van der Waals surface area contributed by atoms with Crippen LogP contribution in [0, 0.1) is 17.2 Å². The highest BCUT2D eigenvalue weighted by molar-refractivity contribution is 5.95. The number of halogens is 1. The lowest BCUT2D eigenvalue weighted by Gasteiger charge is -2.23. The van der Waals surface area contributed by atoms with Gasteiger partial charge in [0.2, 0.25) is 0 Å². The van der Waals surface area contributed by atoms with E-state index in [1.165, 1.54) is 23.1 Å². The molecule has 0 spiro atoms. The van der Waals surface area contributed by atoms with Gasteiger partial charge < -0.3 is 10.0 Å². The number of hydrogen-bond donors (Lipinski definition) is 1. The number of aliphatic carboxylic acids is 1. The van der Waals surface area contributed by atoms with E-state index in [0.717, 1.165) is 12.8 Å². The maximum Gasteiger partial charge on any atom is 0.311 e. The lowest BCUT2D eigenvalue weighted by atomic mass is 9.81. The molecule has 3 rings (SSSR count). The third kappa shape index (κ3) is 1.80. The second kappa shape index (κ2) is 4.58. The Bertz CT molecular complexity index is 574. The molecule has 2 aliphatic rings. The largest absolute Gasteiger partial charge is 0.481 e. The Labute approximate surface area is 116 Å². The maximum atomic E-state index is 13.7. The average molecular weight is 277 g/mol. The normalized spacial score (nSPS) is 28.4. The highest BCUT2D eigenvalue weighted by atomic mass is 19.1. The van der Waals surface area contributed by atoms with Crippen molar-refractivity contribution in [2.24, 2.45) is 11.3 Å². The molecule has 1 aromatic rings. The van der Waals surface area contributed by atoms with E-state index in [4.69, 9.17) is 0 Å². The topological polar surface area (TPSA) is 57.6 Å². The van der Waals surface area contributed by atoms with Gasteiger partial charge >= 0.3 is 5.97 Å². The lowest BCUT2D eigenvalue weighted by molar-refractivity contribution is -0.149. The second-order valence-corrected chi connectivity index (χ2v) is 5.72. The van der Waals surface area contributed by atoms with Crippen molar-refractivity contribution in [3.05, 3.63) is 35.6 Å². The molecule has 1 saturated carbocycles. The number of likely N-dealkylation sites (tertiary alicyclic amines) is 1. The van der Waals surface area contributed by atoms with Crippen LogP contribution in [0.5, 0.6) is 0 Å². The molecule has 1 aliphatic carbocycles. The molecular formula is C15H16FNO3. The van der Waals surface area contributed by atoms with Gasteiger partial charge in [0.15, 0.2) is 0 Å². The standard InChI is InChI=1S/C15H16FNO3/c16-12-6-2-1-5-11(12)13(18)17-8-10-4-3-7-15(10,9-17)14(19)20/h1-2,5-6,10H,3-4,7-9H2,(H,19,20)/t10-,15+/m0/s1. The number of carbonyl (C=O) groups excluding carboxylic acids is 1. The Hall–Kier alpha value is -1.91. The maximum absolute atomic E-state index is 13.7. The van der Waals surface area contributed by atoms with E-state index in [0.29, 0.717) is 13.0 Å². The molecule has 1 N–H and O–H groups in total. The molecule has 0 aromatic heterocycles. The van der Waals surface area contributed by atoms with E-state index < -0.39 is 23.1 Å². The summed E-state index contributed by atoms with van der Waals surface area (Å²) in [5.41, 5.74) is -0.797. The molecule has 2 fully saturated rings. The molecule has 4 nitrogen and oxygen atoms in total. The van der Waals surface area contributed by atoms with Crippen LogP contribution in [0.3, 0.4) is 0 Å². The van der Waals surface area contributed by atoms with Crippen LogP contribution in [0.25, 0.3) is 0 Å². The molecule has 1 heterocycles. The van der Waals surface area contributed by atoms with E-state index in [1.54, 1.807) is 6.07 Å². The van der Waals surface area contributed by atoms with E-state index >= 15 is 0 Å². The molecule has 1 aliphatic heterocycles. The van der Waals surface area contributed by atoms with Crippen molar-refractivity contribution < 1.29 is 19.1 Å². The number of carboxylic acids is 1. The minimum atomic E-state index is -0.830. The minimum Gasteiger partial charge on any atom is -0.481 e. The zero-order valence-electron chi connectivity index (χ0n) is 11.0. The number of amides is 1. The van der Waals surface area contributed by atoms with Crippen LogP contribution in [-0.4, -0.2) is 35.0 Å². The summed E-state index contributed by atoms with van der Waals surface area (Å²) in [5.74, 6) is -1.79. The van der Waals surface area contributed by atoms with Crippen LogP contribution >= 0.6 is 0 Å². The molecule has 0 bridgehead atoms. The van der Waals surface area contributed by atoms with E-state index in [1.807, 2.05) is 0 Å². The average Bonchev–Trinajstić information content (AvgIpc) is 2.96. The van der Waals surface area contributed by atoms with Crippen molar-refractivity contribution >= 4 is 11.9 Å². The van der Waals surface area contributed by atoms with Crippen molar-refractivity contribution in [2.75, 3.05) is 13.1 Å². The predicted octanol–water partition coefficient (Wildman–Crippen LogP) is 2.15. The van der Waals surface area contributed by atoms with Gasteiger partial charge in [-0.3, -0.25) is 9.59 Å². The highest BCUT2D eigenvalue weighted by Crippen LogP contribution is 2.49. The highest BCUT2D eigenvalue weighted by Gasteiger charge is 2.55. The van der Waals surface area contributed by atoms with E-state index in [2.05, 4.69) is 0 Å². The van der Waals surface area contributed by atoms with Gasteiger partial charge in [-0.15, -0.1) is 0 Å². The molecule has 1 aromatic carbocycles. The molecule has 106 valence electrons. The number of hydrogen-bond acceptors (Lipinski definition) is 2. The van der Waals surface area contributed by atoms with Gasteiger partial charge in [0.05, 0.1) is 11.0 Å². The number of nitrogens with zero attached hydrogens (tertiary/aromatic N) is 1. The summed E-state index contributed by atoms with van der Waals surface area (Å²) < 4.78 is 13.7. The van der Waals surface area contributed by atoms with Crippen molar-refractivity contribution in [3.8, 4) is 0 Å². The summed E-state index contributed by atoms with van der Waals surface area (Å²) in [5, 5.41) is 9.49. The number of carbonyl (C=O) groups is 2. The fraction of sp³-hybridized carbons (Fsp3) is 0.467. The zero-order valence-corrected chi connectivity index (χ0v) is 11.0. The molecule has 20 heavy (non-hydrogen) atoms. The minimum absolute atomic E-state index is 0.00396. The Morgan fingerprint density at radius 2 is 2.10 bits per heavy atom. The first kappa shape index (κ1) is 13.1. The first-order valence-electron chi connectivity index (χ1n) is 6.82. The van der Waals surface area contributed by atoms with Crippen LogP contribution in [0.1, 0.15) is 29.6 Å². The van der Waals surface area contributed by atoms with Crippen LogP contribution in [-0.2, 0) is 4.79 Å². The molecule has 2 atom stereocenters. The van der Waals surface area contributed by atoms with Crippen molar-refractivity contribution in [1.82, 2.24) is 4.90 Å². The summed E-state index contributed by atoms with van der Waals surface area (Å²) in [6.07, 6.45) is 2.32. The number of carboxylic acid groups (broad SMARTS) is 1. The van der Waals surface area contributed by atoms with Gasteiger partial charge in [0.1, 0.15) is 5.82 Å². The van der Waals surface area contributed by atoms with Crippen LogP contribution in [0.2, 0.25) is 0 Å². The van der Waals surface area contributed by atoms with Gasteiger partial charge in [-0.05, 0) is 30.9 Å². The third-order valence-corrected chi connectivity index (χ3v) is 4.69.